The number of furan rings is 1. The highest BCUT2D eigenvalue weighted by Crippen LogP contribution is 2.25. The molecule has 3 aromatic carbocycles. The fourth-order valence-corrected chi connectivity index (χ4v) is 3.61. The number of ether oxygens (including phenoxy) is 2. The molecule has 1 heterocycles. The normalized spacial score (nSPS) is 11.2. The lowest BCUT2D eigenvalue weighted by molar-refractivity contribution is -0.113. The number of allylic oxidation sites excluding steroid dienone is 1. The maximum absolute atomic E-state index is 13.1. The van der Waals surface area contributed by atoms with Gasteiger partial charge >= 0.3 is 0 Å². The molecule has 0 aliphatic rings. The summed E-state index contributed by atoms with van der Waals surface area (Å²) >= 11 is 0. The van der Waals surface area contributed by atoms with E-state index in [1.165, 1.54) is 18.4 Å². The second-order valence-electron chi connectivity index (χ2n) is 8.23. The third-order valence-corrected chi connectivity index (χ3v) is 5.64. The van der Waals surface area contributed by atoms with Crippen molar-refractivity contribution in [2.45, 2.75) is 0 Å². The molecule has 0 unspecified atom stereocenters. The molecular formula is C31H26N2O6. The molecule has 1 aromatic heterocycles. The highest BCUT2D eigenvalue weighted by atomic mass is 16.5. The number of nitrogens with one attached hydrogen (secondary N) is 2. The minimum Gasteiger partial charge on any atom is -0.497 e. The minimum absolute atomic E-state index is 0.00544. The molecule has 0 aliphatic carbocycles. The molecule has 4 rings (SSSR count). The van der Waals surface area contributed by atoms with Gasteiger partial charge in [0.15, 0.2) is 5.78 Å². The fraction of sp³-hybridized carbons (Fsp3) is 0.0645. The van der Waals surface area contributed by atoms with Crippen molar-refractivity contribution in [2.24, 2.45) is 0 Å². The van der Waals surface area contributed by atoms with E-state index in [2.05, 4.69) is 10.6 Å². The van der Waals surface area contributed by atoms with Crippen LogP contribution >= 0.6 is 0 Å². The van der Waals surface area contributed by atoms with Crippen LogP contribution in [0.5, 0.6) is 11.5 Å². The van der Waals surface area contributed by atoms with Gasteiger partial charge in [-0.3, -0.25) is 14.4 Å². The van der Waals surface area contributed by atoms with Gasteiger partial charge in [0.25, 0.3) is 11.8 Å². The number of rotatable bonds is 10. The topological polar surface area (TPSA) is 107 Å². The number of benzene rings is 3. The Hall–Kier alpha value is -5.37. The predicted molar refractivity (Wildman–Crippen MR) is 149 cm³/mol. The lowest BCUT2D eigenvalue weighted by atomic mass is 10.1. The van der Waals surface area contributed by atoms with Gasteiger partial charge in [0, 0.05) is 28.5 Å². The van der Waals surface area contributed by atoms with Gasteiger partial charge in [-0.1, -0.05) is 18.2 Å². The van der Waals surface area contributed by atoms with Crippen molar-refractivity contribution in [3.63, 3.8) is 0 Å². The van der Waals surface area contributed by atoms with Gasteiger partial charge in [0.1, 0.15) is 23.0 Å². The summed E-state index contributed by atoms with van der Waals surface area (Å²) in [6.07, 6.45) is 6.00. The van der Waals surface area contributed by atoms with E-state index in [0.717, 1.165) is 0 Å². The molecule has 0 radical (unpaired) electrons. The van der Waals surface area contributed by atoms with Gasteiger partial charge in [-0.05, 0) is 78.9 Å². The molecule has 0 spiro atoms. The molecule has 2 amide bonds. The van der Waals surface area contributed by atoms with Crippen LogP contribution in [-0.4, -0.2) is 31.8 Å². The summed E-state index contributed by atoms with van der Waals surface area (Å²) in [5.74, 6) is 0.419. The Morgan fingerprint density at radius 2 is 1.59 bits per heavy atom. The predicted octanol–water partition coefficient (Wildman–Crippen LogP) is 5.60. The second-order valence-corrected chi connectivity index (χ2v) is 8.23. The van der Waals surface area contributed by atoms with Crippen LogP contribution in [0, 0.1) is 0 Å². The molecule has 196 valence electrons. The quantitative estimate of drug-likeness (QED) is 0.207. The molecule has 4 aromatic rings. The first-order valence-electron chi connectivity index (χ1n) is 11.9. The number of carbonyl (C=O) groups excluding carboxylic acids is 3. The molecule has 2 N–H and O–H groups in total. The monoisotopic (exact) mass is 522 g/mol. The van der Waals surface area contributed by atoms with E-state index < -0.39 is 11.8 Å². The molecule has 0 fully saturated rings. The van der Waals surface area contributed by atoms with Crippen LogP contribution in [-0.2, 0) is 4.79 Å². The van der Waals surface area contributed by atoms with E-state index >= 15 is 0 Å². The Kier molecular flexibility index (Phi) is 8.71. The fourth-order valence-electron chi connectivity index (χ4n) is 3.61. The third kappa shape index (κ3) is 7.11. The Labute approximate surface area is 225 Å². The van der Waals surface area contributed by atoms with E-state index in [1.54, 1.807) is 105 Å². The first-order chi connectivity index (χ1) is 19.0. The summed E-state index contributed by atoms with van der Waals surface area (Å²) in [7, 11) is 3.12. The molecule has 39 heavy (non-hydrogen) atoms. The van der Waals surface area contributed by atoms with Crippen LogP contribution in [0.3, 0.4) is 0 Å². The van der Waals surface area contributed by atoms with Crippen molar-refractivity contribution < 1.29 is 28.3 Å². The summed E-state index contributed by atoms with van der Waals surface area (Å²) in [6, 6.07) is 23.6. The van der Waals surface area contributed by atoms with Crippen LogP contribution in [0.1, 0.15) is 32.0 Å². The highest BCUT2D eigenvalue weighted by molar-refractivity contribution is 6.11. The number of hydrogen-bond donors (Lipinski definition) is 2. The van der Waals surface area contributed by atoms with Crippen molar-refractivity contribution in [2.75, 3.05) is 19.5 Å². The summed E-state index contributed by atoms with van der Waals surface area (Å²) in [6.45, 7) is 0. The smallest absolute Gasteiger partial charge is 0.272 e. The average Bonchev–Trinajstić information content (AvgIpc) is 3.49. The van der Waals surface area contributed by atoms with E-state index in [0.29, 0.717) is 39.6 Å². The van der Waals surface area contributed by atoms with Crippen molar-refractivity contribution in [3.8, 4) is 11.5 Å². The van der Waals surface area contributed by atoms with Gasteiger partial charge in [-0.2, -0.15) is 0 Å². The summed E-state index contributed by atoms with van der Waals surface area (Å²) < 4.78 is 15.9. The Morgan fingerprint density at radius 3 is 2.26 bits per heavy atom. The van der Waals surface area contributed by atoms with Gasteiger partial charge < -0.3 is 24.5 Å². The zero-order valence-corrected chi connectivity index (χ0v) is 21.3. The zero-order valence-electron chi connectivity index (χ0n) is 21.3. The lowest BCUT2D eigenvalue weighted by Gasteiger charge is -2.11. The van der Waals surface area contributed by atoms with Crippen LogP contribution < -0.4 is 20.1 Å². The summed E-state index contributed by atoms with van der Waals surface area (Å²) in [5, 5.41) is 5.38. The van der Waals surface area contributed by atoms with E-state index in [-0.39, 0.29) is 11.5 Å². The van der Waals surface area contributed by atoms with Crippen molar-refractivity contribution in [1.82, 2.24) is 5.32 Å². The SMILES string of the molecule is COc1ccc(OC)c(/C=C/C(=O)c2ccc(NC(=O)/C(=C/c3ccco3)NC(=O)c3ccccc3)cc2)c1. The number of hydrogen-bond acceptors (Lipinski definition) is 6. The molecule has 8 nitrogen and oxygen atoms in total. The molecule has 0 bridgehead atoms. The van der Waals surface area contributed by atoms with E-state index in [1.807, 2.05) is 0 Å². The highest BCUT2D eigenvalue weighted by Gasteiger charge is 2.16. The molecule has 0 aliphatic heterocycles. The van der Waals surface area contributed by atoms with E-state index in [4.69, 9.17) is 13.9 Å². The summed E-state index contributed by atoms with van der Waals surface area (Å²) in [5.41, 5.74) is 1.96. The van der Waals surface area contributed by atoms with E-state index in [9.17, 15) is 14.4 Å². The van der Waals surface area contributed by atoms with Gasteiger partial charge in [0.2, 0.25) is 0 Å². The Bertz CT molecular complexity index is 1500. The largest absolute Gasteiger partial charge is 0.497 e. The minimum atomic E-state index is -0.556. The molecule has 0 atom stereocenters. The number of carbonyl (C=O) groups is 3. The molecular weight excluding hydrogens is 496 g/mol. The Morgan fingerprint density at radius 1 is 0.821 bits per heavy atom. The third-order valence-electron chi connectivity index (χ3n) is 5.64. The first-order valence-corrected chi connectivity index (χ1v) is 11.9. The van der Waals surface area contributed by atoms with Gasteiger partial charge in [0.05, 0.1) is 20.5 Å². The standard InChI is InChI=1S/C31H26N2O6/c1-37-25-15-17-29(38-2)23(19-25)12-16-28(34)21-10-13-24(14-11-21)32-31(36)27(20-26-9-6-18-39-26)33-30(35)22-7-4-3-5-8-22/h3-20H,1-2H3,(H,32,36)(H,33,35)/b16-12+,27-20-. The van der Waals surface area contributed by atoms with Gasteiger partial charge in [-0.25, -0.2) is 0 Å². The molecule has 8 heteroatoms. The molecule has 0 saturated carbocycles. The Balaban J connectivity index is 1.46. The van der Waals surface area contributed by atoms with Crippen LogP contribution in [0.15, 0.2) is 107 Å². The number of methoxy groups -OCH3 is 2. The number of amides is 2. The first kappa shape index (κ1) is 26.7. The van der Waals surface area contributed by atoms with Gasteiger partial charge in [-0.15, -0.1) is 0 Å². The van der Waals surface area contributed by atoms with Crippen LogP contribution in [0.2, 0.25) is 0 Å². The van der Waals surface area contributed by atoms with Crippen molar-refractivity contribution >= 4 is 35.4 Å². The zero-order chi connectivity index (χ0) is 27.6. The number of anilines is 1. The van der Waals surface area contributed by atoms with Crippen molar-refractivity contribution in [3.05, 3.63) is 125 Å². The van der Waals surface area contributed by atoms with Crippen LogP contribution in [0.4, 0.5) is 5.69 Å². The molecule has 0 saturated heterocycles. The maximum Gasteiger partial charge on any atom is 0.272 e. The second kappa shape index (κ2) is 12.7. The average molecular weight is 523 g/mol. The summed E-state index contributed by atoms with van der Waals surface area (Å²) in [4.78, 5) is 38.5. The number of ketones is 1. The lowest BCUT2D eigenvalue weighted by Crippen LogP contribution is -2.30. The maximum atomic E-state index is 13.1. The van der Waals surface area contributed by atoms with Crippen molar-refractivity contribution in [1.29, 1.82) is 0 Å². The van der Waals surface area contributed by atoms with Crippen LogP contribution in [0.25, 0.3) is 12.2 Å².